The predicted molar refractivity (Wildman–Crippen MR) is 47.5 cm³/mol. The van der Waals surface area contributed by atoms with Crippen molar-refractivity contribution in [1.29, 1.82) is 0 Å². The Morgan fingerprint density at radius 2 is 2.14 bits per heavy atom. The molecule has 1 fully saturated rings. The Labute approximate surface area is 80.2 Å². The second kappa shape index (κ2) is 3.62. The van der Waals surface area contributed by atoms with Crippen molar-refractivity contribution in [3.8, 4) is 0 Å². The molecular weight excluding hydrogens is 186 g/mol. The smallest absolute Gasteiger partial charge is 0.280 e. The van der Waals surface area contributed by atoms with Crippen LogP contribution < -0.4 is 11.1 Å². The average molecular weight is 197 g/mol. The molecule has 7 heteroatoms. The topological polar surface area (TPSA) is 97.3 Å². The molecule has 0 bridgehead atoms. The van der Waals surface area contributed by atoms with Crippen molar-refractivity contribution in [2.75, 3.05) is 31.9 Å². The Balaban J connectivity index is 2.11. The molecule has 2 heterocycles. The number of piperazine rings is 1. The molecule has 1 aliphatic rings. The fourth-order valence-electron chi connectivity index (χ4n) is 1.36. The number of carbonyl (C=O) groups is 1. The van der Waals surface area contributed by atoms with Gasteiger partial charge in [-0.05, 0) is 10.3 Å². The highest BCUT2D eigenvalue weighted by atomic mass is 16.6. The summed E-state index contributed by atoms with van der Waals surface area (Å²) >= 11 is 0. The standard InChI is InChI=1S/C7H11N5O2/c8-6-5(10-14-11-6)7(13)12-3-1-9-2-4-12/h9H,1-4H2,(H2,8,11). The number of nitrogens with one attached hydrogen (secondary N) is 1. The van der Waals surface area contributed by atoms with Gasteiger partial charge in [0.25, 0.3) is 5.91 Å². The molecule has 0 saturated carbocycles. The summed E-state index contributed by atoms with van der Waals surface area (Å²) in [6, 6.07) is 0. The van der Waals surface area contributed by atoms with Gasteiger partial charge in [-0.1, -0.05) is 0 Å². The minimum atomic E-state index is -0.217. The van der Waals surface area contributed by atoms with Gasteiger partial charge in [-0.2, -0.15) is 0 Å². The lowest BCUT2D eigenvalue weighted by Gasteiger charge is -2.26. The van der Waals surface area contributed by atoms with E-state index in [-0.39, 0.29) is 17.4 Å². The summed E-state index contributed by atoms with van der Waals surface area (Å²) in [7, 11) is 0. The van der Waals surface area contributed by atoms with Gasteiger partial charge < -0.3 is 16.0 Å². The van der Waals surface area contributed by atoms with Crippen molar-refractivity contribution in [2.24, 2.45) is 0 Å². The third-order valence-corrected chi connectivity index (χ3v) is 2.12. The fourth-order valence-corrected chi connectivity index (χ4v) is 1.36. The SMILES string of the molecule is Nc1nonc1C(=O)N1CCNCC1. The van der Waals surface area contributed by atoms with Crippen LogP contribution in [0.15, 0.2) is 4.63 Å². The molecule has 0 atom stereocenters. The molecular formula is C7H11N5O2. The number of nitrogens with zero attached hydrogens (tertiary/aromatic N) is 3. The third-order valence-electron chi connectivity index (χ3n) is 2.12. The van der Waals surface area contributed by atoms with Crippen LogP contribution in [0.25, 0.3) is 0 Å². The number of hydrogen-bond donors (Lipinski definition) is 2. The van der Waals surface area contributed by atoms with Crippen molar-refractivity contribution in [3.63, 3.8) is 0 Å². The van der Waals surface area contributed by atoms with E-state index in [9.17, 15) is 4.79 Å². The Kier molecular flexibility index (Phi) is 2.32. The van der Waals surface area contributed by atoms with Crippen LogP contribution >= 0.6 is 0 Å². The number of anilines is 1. The quantitative estimate of drug-likeness (QED) is 0.580. The molecule has 1 amide bonds. The number of nitrogens with two attached hydrogens (primary N) is 1. The first-order chi connectivity index (χ1) is 6.79. The highest BCUT2D eigenvalue weighted by Gasteiger charge is 2.23. The lowest BCUT2D eigenvalue weighted by molar-refractivity contribution is 0.0725. The number of hydrogen-bond acceptors (Lipinski definition) is 6. The summed E-state index contributed by atoms with van der Waals surface area (Å²) in [5.74, 6) is -0.168. The molecule has 1 aromatic rings. The van der Waals surface area contributed by atoms with E-state index >= 15 is 0 Å². The van der Waals surface area contributed by atoms with Crippen molar-refractivity contribution in [3.05, 3.63) is 5.69 Å². The molecule has 0 spiro atoms. The summed E-state index contributed by atoms with van der Waals surface area (Å²) in [5.41, 5.74) is 5.52. The van der Waals surface area contributed by atoms with Crippen LogP contribution in [0, 0.1) is 0 Å². The van der Waals surface area contributed by atoms with Gasteiger partial charge in [0.1, 0.15) is 0 Å². The van der Waals surface area contributed by atoms with Gasteiger partial charge in [0.2, 0.25) is 11.5 Å². The zero-order chi connectivity index (χ0) is 9.97. The summed E-state index contributed by atoms with van der Waals surface area (Å²) in [6.07, 6.45) is 0. The molecule has 14 heavy (non-hydrogen) atoms. The Hall–Kier alpha value is -1.63. The molecule has 2 rings (SSSR count). The van der Waals surface area contributed by atoms with E-state index in [4.69, 9.17) is 5.73 Å². The highest BCUT2D eigenvalue weighted by Crippen LogP contribution is 2.08. The molecule has 0 radical (unpaired) electrons. The second-order valence-corrected chi connectivity index (χ2v) is 3.04. The fraction of sp³-hybridized carbons (Fsp3) is 0.571. The van der Waals surface area contributed by atoms with Crippen LogP contribution in [-0.4, -0.2) is 47.3 Å². The average Bonchev–Trinajstić information content (AvgIpc) is 2.65. The lowest BCUT2D eigenvalue weighted by atomic mass is 10.3. The summed E-state index contributed by atoms with van der Waals surface area (Å²) in [5, 5.41) is 9.97. The summed E-state index contributed by atoms with van der Waals surface area (Å²) in [6.45, 7) is 2.89. The number of nitrogen functional groups attached to an aromatic ring is 1. The maximum absolute atomic E-state index is 11.7. The van der Waals surface area contributed by atoms with E-state index in [2.05, 4.69) is 20.3 Å². The first kappa shape index (κ1) is 8.95. The van der Waals surface area contributed by atoms with E-state index in [1.165, 1.54) is 0 Å². The number of carbonyl (C=O) groups excluding carboxylic acids is 1. The minimum Gasteiger partial charge on any atom is -0.379 e. The molecule has 0 aliphatic carbocycles. The maximum Gasteiger partial charge on any atom is 0.280 e. The van der Waals surface area contributed by atoms with Gasteiger partial charge in [0, 0.05) is 26.2 Å². The number of rotatable bonds is 1. The van der Waals surface area contributed by atoms with Crippen LogP contribution in [0.2, 0.25) is 0 Å². The van der Waals surface area contributed by atoms with Gasteiger partial charge in [0.05, 0.1) is 0 Å². The predicted octanol–water partition coefficient (Wildman–Crippen LogP) is -1.30. The highest BCUT2D eigenvalue weighted by molar-refractivity contribution is 5.96. The summed E-state index contributed by atoms with van der Waals surface area (Å²) in [4.78, 5) is 13.4. The van der Waals surface area contributed by atoms with E-state index in [0.29, 0.717) is 13.1 Å². The van der Waals surface area contributed by atoms with E-state index in [1.807, 2.05) is 0 Å². The molecule has 7 nitrogen and oxygen atoms in total. The Morgan fingerprint density at radius 3 is 2.71 bits per heavy atom. The Morgan fingerprint density at radius 1 is 1.43 bits per heavy atom. The van der Waals surface area contributed by atoms with Gasteiger partial charge in [-0.25, -0.2) is 4.63 Å². The maximum atomic E-state index is 11.7. The number of aromatic nitrogens is 2. The zero-order valence-electron chi connectivity index (χ0n) is 7.56. The first-order valence-corrected chi connectivity index (χ1v) is 4.37. The first-order valence-electron chi connectivity index (χ1n) is 4.37. The molecule has 0 unspecified atom stereocenters. The lowest BCUT2D eigenvalue weighted by Crippen LogP contribution is -2.46. The molecule has 76 valence electrons. The van der Waals surface area contributed by atoms with Crippen molar-refractivity contribution in [1.82, 2.24) is 20.5 Å². The van der Waals surface area contributed by atoms with Crippen molar-refractivity contribution >= 4 is 11.7 Å². The summed E-state index contributed by atoms with van der Waals surface area (Å²) < 4.78 is 4.37. The van der Waals surface area contributed by atoms with Gasteiger partial charge >= 0.3 is 0 Å². The second-order valence-electron chi connectivity index (χ2n) is 3.04. The van der Waals surface area contributed by atoms with Crippen LogP contribution in [0.3, 0.4) is 0 Å². The normalized spacial score (nSPS) is 17.0. The monoisotopic (exact) mass is 197 g/mol. The van der Waals surface area contributed by atoms with E-state index < -0.39 is 0 Å². The van der Waals surface area contributed by atoms with Gasteiger partial charge in [0.15, 0.2) is 0 Å². The minimum absolute atomic E-state index is 0.0496. The molecule has 1 aliphatic heterocycles. The van der Waals surface area contributed by atoms with Crippen molar-refractivity contribution < 1.29 is 9.42 Å². The zero-order valence-corrected chi connectivity index (χ0v) is 7.56. The molecule has 3 N–H and O–H groups in total. The van der Waals surface area contributed by atoms with Crippen LogP contribution in [0.5, 0.6) is 0 Å². The third kappa shape index (κ3) is 1.53. The molecule has 0 aromatic carbocycles. The van der Waals surface area contributed by atoms with Gasteiger partial charge in [-0.15, -0.1) is 0 Å². The van der Waals surface area contributed by atoms with Crippen LogP contribution in [-0.2, 0) is 0 Å². The van der Waals surface area contributed by atoms with Crippen molar-refractivity contribution in [2.45, 2.75) is 0 Å². The van der Waals surface area contributed by atoms with E-state index in [1.54, 1.807) is 4.90 Å². The largest absolute Gasteiger partial charge is 0.379 e. The number of amides is 1. The van der Waals surface area contributed by atoms with Gasteiger partial charge in [-0.3, -0.25) is 4.79 Å². The molecule has 1 aromatic heterocycles. The van der Waals surface area contributed by atoms with Crippen LogP contribution in [0.4, 0.5) is 5.82 Å². The molecule has 1 saturated heterocycles. The van der Waals surface area contributed by atoms with Crippen LogP contribution in [0.1, 0.15) is 10.5 Å². The Bertz CT molecular complexity index is 331. The van der Waals surface area contributed by atoms with E-state index in [0.717, 1.165) is 13.1 Å².